The molecule has 4 aromatic rings. The lowest BCUT2D eigenvalue weighted by Gasteiger charge is -2.19. The zero-order valence-electron chi connectivity index (χ0n) is 66.5. The van der Waals surface area contributed by atoms with E-state index >= 15 is 0 Å². The Hall–Kier alpha value is -6.57. The zero-order chi connectivity index (χ0) is 77.8. The van der Waals surface area contributed by atoms with Gasteiger partial charge in [-0.1, -0.05) is 218 Å². The Kier molecular flexibility index (Phi) is 42.8. The molecule has 0 bridgehead atoms. The monoisotopic (exact) mass is 1550 g/mol. The van der Waals surface area contributed by atoms with E-state index in [1.165, 1.54) is 78.5 Å². The van der Waals surface area contributed by atoms with Gasteiger partial charge in [-0.2, -0.15) is 0 Å². The Bertz CT molecular complexity index is 3170. The molecule has 0 spiro atoms. The van der Waals surface area contributed by atoms with Gasteiger partial charge in [0.05, 0.1) is 0 Å². The number of aliphatic carboxylic acids is 1. The SMILES string of the molecule is C=C(CC(C)=O)C(C)=O.CC(C)CC(C)CC(CN)CC(=O)O.CC(C)CC(C)CC1CNC(=O)C1.Cc1ccc(CN2CC(C)CC2=O)cc1.Cc1ccc(CN2CC(CC(C)CC(C)C)CC2=O)cc1.Cc1ccc(CN2CC(CI)CC2=O)cc1.Cc1ccc(CN2CC(CO)CC2=O)cc1. The quantitative estimate of drug-likeness (QED) is 0.0237. The van der Waals surface area contributed by atoms with E-state index in [1.807, 2.05) is 26.5 Å². The normalized spacial score (nSPS) is 19.4. The van der Waals surface area contributed by atoms with Crippen LogP contribution in [0.2, 0.25) is 0 Å². The highest BCUT2D eigenvalue weighted by atomic mass is 127. The van der Waals surface area contributed by atoms with Gasteiger partial charge in [0.25, 0.3) is 0 Å². The Labute approximate surface area is 640 Å². The molecule has 5 N–H and O–H groups in total. The van der Waals surface area contributed by atoms with E-state index in [1.54, 1.807) is 0 Å². The van der Waals surface area contributed by atoms with E-state index in [0.29, 0.717) is 91.3 Å². The highest BCUT2D eigenvalue weighted by Gasteiger charge is 2.33. The van der Waals surface area contributed by atoms with Crippen LogP contribution in [0.5, 0.6) is 0 Å². The topological polar surface area (TPSA) is 228 Å². The molecule has 578 valence electrons. The summed E-state index contributed by atoms with van der Waals surface area (Å²) in [5, 5.41) is 20.6. The molecule has 5 saturated heterocycles. The van der Waals surface area contributed by atoms with Crippen molar-refractivity contribution >= 4 is 69.7 Å². The molecule has 4 aromatic carbocycles. The average molecular weight is 1550 g/mol. The minimum Gasteiger partial charge on any atom is -0.481 e. The van der Waals surface area contributed by atoms with Gasteiger partial charge in [-0.3, -0.25) is 38.4 Å². The van der Waals surface area contributed by atoms with Gasteiger partial charge >= 0.3 is 5.97 Å². The molecule has 5 heterocycles. The molecule has 9 rings (SSSR count). The molecule has 16 nitrogen and oxygen atoms in total. The van der Waals surface area contributed by atoms with Gasteiger partial charge in [-0.25, -0.2) is 0 Å². The number of hydrogen-bond donors (Lipinski definition) is 4. The summed E-state index contributed by atoms with van der Waals surface area (Å²) in [7, 11) is 0. The molecule has 9 unspecified atom stereocenters. The highest BCUT2D eigenvalue weighted by molar-refractivity contribution is 14.1. The largest absolute Gasteiger partial charge is 0.481 e. The van der Waals surface area contributed by atoms with Crippen LogP contribution < -0.4 is 11.1 Å². The van der Waals surface area contributed by atoms with Crippen LogP contribution in [0.1, 0.15) is 211 Å². The van der Waals surface area contributed by atoms with Crippen molar-refractivity contribution in [2.45, 2.75) is 220 Å². The number of hydrogen-bond acceptors (Lipinski definition) is 10. The number of Topliss-reactive ketones (excluding diaryl/α,β-unsaturated/α-hetero) is 2. The van der Waals surface area contributed by atoms with Gasteiger partial charge in [0.15, 0.2) is 5.78 Å². The molecule has 0 radical (unpaired) electrons. The van der Waals surface area contributed by atoms with Crippen molar-refractivity contribution in [2.75, 3.05) is 50.3 Å². The standard InChI is InChI=1S/C19H29NO.C13H16INO.C13H17NO2.C13H17NO.C11H23NO2.C11H21NO.C7H10O2/c1-14(2)9-16(4)10-18-11-19(21)20(13-18)12-17-7-5-15(3)6-8-17;1-10-2-4-11(5-3-10)8-15-9-12(7-14)6-13(15)16;1-10-2-4-11(5-3-10)7-14-8-12(9-15)6-13(14)16;1-10-3-5-12(6-4-10)9-14-8-11(2)7-13(14)15;1-8(2)4-9(3)5-10(7-12)6-11(13)14;1-8(2)4-9(3)5-10-6-11(13)12-7-10;1-5(7(3)9)4-6(2)8/h5-8,14,16,18H,9-13H2,1-4H3;2-5,12H,6-9H2,1H3;2-5,12,15H,6-9H2,1H3;3-6,11H,7-9H2,1-2H3;8-10H,4-7,12H2,1-3H3,(H,13,14);8-10H,4-7H2,1-3H3,(H,12,13);1,4H2,2-3H3. The molecule has 5 amide bonds. The number of carbonyl (C=O) groups excluding carboxylic acids is 7. The number of ketones is 2. The summed E-state index contributed by atoms with van der Waals surface area (Å²) in [5.41, 5.74) is 15.8. The molecule has 0 saturated carbocycles. The van der Waals surface area contributed by atoms with Crippen LogP contribution >= 0.6 is 22.6 Å². The lowest BCUT2D eigenvalue weighted by molar-refractivity contribution is -0.138. The number of alkyl halides is 1. The first-order chi connectivity index (χ1) is 49.0. The summed E-state index contributed by atoms with van der Waals surface area (Å²) in [6.45, 7) is 44.9. The van der Waals surface area contributed by atoms with Crippen molar-refractivity contribution in [3.8, 4) is 0 Å². The van der Waals surface area contributed by atoms with Crippen molar-refractivity contribution in [3.63, 3.8) is 0 Å². The van der Waals surface area contributed by atoms with E-state index in [4.69, 9.17) is 15.9 Å². The number of nitrogens with two attached hydrogens (primary N) is 1. The van der Waals surface area contributed by atoms with Crippen LogP contribution in [0.4, 0.5) is 0 Å². The van der Waals surface area contributed by atoms with Crippen LogP contribution in [-0.4, -0.2) is 127 Å². The van der Waals surface area contributed by atoms with E-state index < -0.39 is 5.97 Å². The number of rotatable bonds is 28. The maximum atomic E-state index is 12.2. The molecular weight excluding hydrogens is 1420 g/mol. The predicted octanol–water partition coefficient (Wildman–Crippen LogP) is 16.3. The fourth-order valence-electron chi connectivity index (χ4n) is 14.4. The van der Waals surface area contributed by atoms with Crippen molar-refractivity contribution < 1.29 is 48.6 Å². The van der Waals surface area contributed by atoms with Crippen molar-refractivity contribution in [1.82, 2.24) is 24.9 Å². The Morgan fingerprint density at radius 2 is 0.856 bits per heavy atom. The van der Waals surface area contributed by atoms with Gasteiger partial charge in [0.1, 0.15) is 5.78 Å². The number of aliphatic hydroxyl groups is 1. The van der Waals surface area contributed by atoms with Crippen molar-refractivity contribution in [3.05, 3.63) is 154 Å². The first-order valence-electron chi connectivity index (χ1n) is 38.4. The zero-order valence-corrected chi connectivity index (χ0v) is 68.6. The maximum Gasteiger partial charge on any atom is 0.303 e. The number of carboxylic acid groups (broad SMARTS) is 1. The van der Waals surface area contributed by atoms with Gasteiger partial charge in [-0.05, 0) is 180 Å². The van der Waals surface area contributed by atoms with E-state index in [-0.39, 0.29) is 54.7 Å². The number of carbonyl (C=O) groups is 8. The van der Waals surface area contributed by atoms with Crippen molar-refractivity contribution in [2.24, 2.45) is 76.7 Å². The molecule has 5 aliphatic rings. The minimum absolute atomic E-state index is 0.0183. The van der Waals surface area contributed by atoms with E-state index in [9.17, 15) is 38.4 Å². The number of benzene rings is 4. The molecule has 5 fully saturated rings. The van der Waals surface area contributed by atoms with Crippen LogP contribution in [0.15, 0.2) is 109 Å². The second-order valence-electron chi connectivity index (χ2n) is 32.4. The second kappa shape index (κ2) is 48.6. The third kappa shape index (κ3) is 38.6. The smallest absolute Gasteiger partial charge is 0.303 e. The Balaban J connectivity index is 0.000000319. The fraction of sp³-hybridized carbons (Fsp3) is 0.609. The summed E-state index contributed by atoms with van der Waals surface area (Å²) in [6, 6.07) is 33.6. The average Bonchev–Trinajstić information content (AvgIpc) is 1.73. The number of amides is 5. The number of carboxylic acids is 1. The number of aryl methyl sites for hydroxylation is 4. The van der Waals surface area contributed by atoms with Crippen LogP contribution in [0.3, 0.4) is 0 Å². The number of allylic oxidation sites excluding steroid dienone is 1. The van der Waals surface area contributed by atoms with Crippen LogP contribution in [0.25, 0.3) is 0 Å². The lowest BCUT2D eigenvalue weighted by atomic mass is 9.88. The summed E-state index contributed by atoms with van der Waals surface area (Å²) in [4.78, 5) is 97.2. The van der Waals surface area contributed by atoms with Crippen molar-refractivity contribution in [1.29, 1.82) is 0 Å². The molecule has 5 aliphatic heterocycles. The summed E-state index contributed by atoms with van der Waals surface area (Å²) in [5.74, 6) is 7.21. The van der Waals surface area contributed by atoms with Crippen LogP contribution in [-0.2, 0) is 64.5 Å². The number of nitrogens with zero attached hydrogens (tertiary/aromatic N) is 4. The number of likely N-dealkylation sites (tertiary alicyclic amines) is 4. The predicted molar refractivity (Wildman–Crippen MR) is 431 cm³/mol. The molecule has 104 heavy (non-hydrogen) atoms. The van der Waals surface area contributed by atoms with Gasteiger partial charge in [-0.15, -0.1) is 0 Å². The molecule has 9 atom stereocenters. The van der Waals surface area contributed by atoms with Gasteiger partial charge < -0.3 is 40.9 Å². The Morgan fingerprint density at radius 1 is 0.510 bits per heavy atom. The molecule has 17 heteroatoms. The molecule has 0 aliphatic carbocycles. The highest BCUT2D eigenvalue weighted by Crippen LogP contribution is 2.30. The first kappa shape index (κ1) is 91.6. The minimum atomic E-state index is -0.739. The summed E-state index contributed by atoms with van der Waals surface area (Å²) in [6.07, 6.45) is 10.9. The third-order valence-corrected chi connectivity index (χ3v) is 20.6. The Morgan fingerprint density at radius 3 is 1.14 bits per heavy atom. The summed E-state index contributed by atoms with van der Waals surface area (Å²) < 4.78 is 1.08. The maximum absolute atomic E-state index is 12.2. The summed E-state index contributed by atoms with van der Waals surface area (Å²) >= 11 is 2.37. The van der Waals surface area contributed by atoms with Gasteiger partial charge in [0.2, 0.25) is 29.5 Å². The van der Waals surface area contributed by atoms with E-state index in [2.05, 4.69) is 222 Å². The first-order valence-corrected chi connectivity index (χ1v) is 39.9. The van der Waals surface area contributed by atoms with E-state index in [0.717, 1.165) is 112 Å². The lowest BCUT2D eigenvalue weighted by Crippen LogP contribution is -2.24. The molecule has 0 aromatic heterocycles. The third-order valence-electron chi connectivity index (χ3n) is 19.4. The number of nitrogens with one attached hydrogen (secondary N) is 1. The van der Waals surface area contributed by atoms with Gasteiger partial charge in [0, 0.05) is 121 Å². The number of aliphatic hydroxyl groups excluding tert-OH is 1. The number of halogens is 1. The second-order valence-corrected chi connectivity index (χ2v) is 33.3. The van der Waals surface area contributed by atoms with Crippen LogP contribution in [0, 0.1) is 98.7 Å². The molecular formula is C87H133IN6O10. The fourth-order valence-corrected chi connectivity index (χ4v) is 14.9.